The van der Waals surface area contributed by atoms with Crippen molar-refractivity contribution in [1.29, 1.82) is 0 Å². The van der Waals surface area contributed by atoms with Crippen LogP contribution in [-0.2, 0) is 6.42 Å². The minimum Gasteiger partial charge on any atom is -0.497 e. The molecule has 1 aromatic carbocycles. The molecule has 0 saturated carbocycles. The van der Waals surface area contributed by atoms with Crippen LogP contribution in [0.2, 0.25) is 0 Å². The Labute approximate surface area is 143 Å². The number of ether oxygens (including phenoxy) is 1. The Bertz CT molecular complexity index is 751. The predicted molar refractivity (Wildman–Crippen MR) is 96.4 cm³/mol. The molecule has 128 valence electrons. The first-order valence-corrected chi connectivity index (χ1v) is 8.91. The van der Waals surface area contributed by atoms with E-state index in [1.165, 1.54) is 22.2 Å². The molecule has 0 spiro atoms. The molecule has 3 atom stereocenters. The first-order chi connectivity index (χ1) is 11.7. The number of hydrogen-bond donors (Lipinski definition) is 2. The minimum atomic E-state index is 0.262. The largest absolute Gasteiger partial charge is 0.497 e. The van der Waals surface area contributed by atoms with Gasteiger partial charge in [-0.15, -0.1) is 6.58 Å². The molecule has 0 bridgehead atoms. The summed E-state index contributed by atoms with van der Waals surface area (Å²) in [5, 5.41) is 10.7. The number of aliphatic hydroxyl groups is 1. The number of aromatic nitrogens is 1. The average Bonchev–Trinajstić information content (AvgIpc) is 2.99. The number of hydrogen-bond acceptors (Lipinski definition) is 3. The third kappa shape index (κ3) is 2.45. The highest BCUT2D eigenvalue weighted by molar-refractivity contribution is 5.86. The molecule has 2 aliphatic heterocycles. The van der Waals surface area contributed by atoms with Crippen molar-refractivity contribution in [3.05, 3.63) is 42.1 Å². The molecule has 0 amide bonds. The summed E-state index contributed by atoms with van der Waals surface area (Å²) < 4.78 is 5.40. The van der Waals surface area contributed by atoms with Gasteiger partial charge in [0.15, 0.2) is 0 Å². The van der Waals surface area contributed by atoms with Crippen molar-refractivity contribution in [3.63, 3.8) is 0 Å². The second-order valence-corrected chi connectivity index (χ2v) is 7.10. The van der Waals surface area contributed by atoms with Crippen molar-refractivity contribution in [1.82, 2.24) is 9.88 Å². The van der Waals surface area contributed by atoms with E-state index >= 15 is 0 Å². The molecule has 1 saturated heterocycles. The Kier molecular flexibility index (Phi) is 4.10. The second-order valence-electron chi connectivity index (χ2n) is 7.10. The number of H-pyrrole nitrogens is 1. The predicted octanol–water partition coefficient (Wildman–Crippen LogP) is 3.28. The number of fused-ring (bicyclic) bond motifs is 5. The van der Waals surface area contributed by atoms with E-state index in [4.69, 9.17) is 4.74 Å². The van der Waals surface area contributed by atoms with E-state index in [1.54, 1.807) is 7.11 Å². The zero-order valence-electron chi connectivity index (χ0n) is 14.3. The molecular weight excluding hydrogens is 300 g/mol. The Balaban J connectivity index is 1.72. The Hall–Kier alpha value is -1.78. The summed E-state index contributed by atoms with van der Waals surface area (Å²) in [6, 6.07) is 6.73. The molecule has 1 fully saturated rings. The van der Waals surface area contributed by atoms with E-state index in [2.05, 4.69) is 34.7 Å². The number of benzene rings is 1. The van der Waals surface area contributed by atoms with Crippen LogP contribution in [-0.4, -0.2) is 41.8 Å². The highest BCUT2D eigenvalue weighted by Crippen LogP contribution is 2.44. The van der Waals surface area contributed by atoms with E-state index in [0.717, 1.165) is 38.1 Å². The van der Waals surface area contributed by atoms with Gasteiger partial charge in [0.25, 0.3) is 0 Å². The van der Waals surface area contributed by atoms with Crippen LogP contribution in [0.25, 0.3) is 10.9 Å². The SMILES string of the molecule is C=CC1CN2CCc3c([nH]c4ccc(OC)cc34)[C@@H]2C[C@@H]1CCO. The van der Waals surface area contributed by atoms with Gasteiger partial charge < -0.3 is 14.8 Å². The number of nitrogens with one attached hydrogen (secondary N) is 1. The van der Waals surface area contributed by atoms with Crippen molar-refractivity contribution >= 4 is 10.9 Å². The number of nitrogens with zero attached hydrogens (tertiary/aromatic N) is 1. The van der Waals surface area contributed by atoms with Crippen molar-refractivity contribution in [2.24, 2.45) is 11.8 Å². The molecule has 4 nitrogen and oxygen atoms in total. The van der Waals surface area contributed by atoms with Gasteiger partial charge in [0.2, 0.25) is 0 Å². The van der Waals surface area contributed by atoms with Crippen molar-refractivity contribution < 1.29 is 9.84 Å². The molecule has 2 N–H and O–H groups in total. The summed E-state index contributed by atoms with van der Waals surface area (Å²) >= 11 is 0. The summed E-state index contributed by atoms with van der Waals surface area (Å²) in [7, 11) is 1.72. The number of rotatable bonds is 4. The van der Waals surface area contributed by atoms with Crippen LogP contribution >= 0.6 is 0 Å². The lowest BCUT2D eigenvalue weighted by atomic mass is 9.77. The number of methoxy groups -OCH3 is 1. The lowest BCUT2D eigenvalue weighted by Crippen LogP contribution is -2.45. The fourth-order valence-corrected chi connectivity index (χ4v) is 4.65. The number of aliphatic hydroxyl groups excluding tert-OH is 1. The fraction of sp³-hybridized carbons (Fsp3) is 0.500. The highest BCUT2D eigenvalue weighted by Gasteiger charge is 2.38. The maximum absolute atomic E-state index is 9.43. The van der Waals surface area contributed by atoms with Crippen molar-refractivity contribution in [2.45, 2.75) is 25.3 Å². The van der Waals surface area contributed by atoms with E-state index in [0.29, 0.717) is 17.9 Å². The Morgan fingerprint density at radius 2 is 2.33 bits per heavy atom. The zero-order valence-corrected chi connectivity index (χ0v) is 14.3. The molecule has 2 aliphatic rings. The van der Waals surface area contributed by atoms with Crippen molar-refractivity contribution in [2.75, 3.05) is 26.8 Å². The summed E-state index contributed by atoms with van der Waals surface area (Å²) in [4.78, 5) is 6.27. The molecule has 0 radical (unpaired) electrons. The van der Waals surface area contributed by atoms with Gasteiger partial charge in [-0.25, -0.2) is 0 Å². The average molecular weight is 326 g/mol. The topological polar surface area (TPSA) is 48.5 Å². The smallest absolute Gasteiger partial charge is 0.119 e. The van der Waals surface area contributed by atoms with E-state index in [9.17, 15) is 5.11 Å². The van der Waals surface area contributed by atoms with Gasteiger partial charge in [-0.2, -0.15) is 0 Å². The van der Waals surface area contributed by atoms with Crippen LogP contribution in [0.4, 0.5) is 0 Å². The van der Waals surface area contributed by atoms with Gasteiger partial charge in [0.05, 0.1) is 13.2 Å². The molecule has 4 rings (SSSR count). The van der Waals surface area contributed by atoms with Gasteiger partial charge in [0.1, 0.15) is 5.75 Å². The van der Waals surface area contributed by atoms with Gasteiger partial charge in [-0.05, 0) is 54.9 Å². The van der Waals surface area contributed by atoms with Gasteiger partial charge in [0, 0.05) is 36.3 Å². The monoisotopic (exact) mass is 326 g/mol. The van der Waals surface area contributed by atoms with Crippen LogP contribution in [0.5, 0.6) is 5.75 Å². The third-order valence-corrected chi connectivity index (χ3v) is 5.95. The summed E-state index contributed by atoms with van der Waals surface area (Å²) in [5.41, 5.74) is 4.02. The van der Waals surface area contributed by atoms with Crippen LogP contribution < -0.4 is 4.74 Å². The van der Waals surface area contributed by atoms with Gasteiger partial charge >= 0.3 is 0 Å². The van der Waals surface area contributed by atoms with E-state index in [-0.39, 0.29) is 6.61 Å². The zero-order chi connectivity index (χ0) is 16.7. The molecule has 4 heteroatoms. The standard InChI is InChI=1S/C20H26N2O2/c1-3-13-12-22-8-6-16-17-11-15(24-2)4-5-18(17)21-20(16)19(22)10-14(13)7-9-23/h3-5,11,13-14,19,21,23H,1,6-10,12H2,2H3/t13?,14-,19-/m0/s1. The quantitative estimate of drug-likeness (QED) is 0.848. The third-order valence-electron chi connectivity index (χ3n) is 5.95. The molecule has 1 aromatic heterocycles. The maximum Gasteiger partial charge on any atom is 0.119 e. The van der Waals surface area contributed by atoms with Gasteiger partial charge in [-0.1, -0.05) is 6.08 Å². The Morgan fingerprint density at radius 3 is 3.08 bits per heavy atom. The molecule has 1 unspecified atom stereocenters. The van der Waals surface area contributed by atoms with Gasteiger partial charge in [-0.3, -0.25) is 4.90 Å². The number of piperidine rings is 1. The van der Waals surface area contributed by atoms with Crippen LogP contribution in [0.15, 0.2) is 30.9 Å². The fourth-order valence-electron chi connectivity index (χ4n) is 4.65. The first-order valence-electron chi connectivity index (χ1n) is 8.91. The molecule has 2 aromatic rings. The molecule has 3 heterocycles. The minimum absolute atomic E-state index is 0.262. The normalized spacial score (nSPS) is 26.8. The number of aromatic amines is 1. The summed E-state index contributed by atoms with van der Waals surface area (Å²) in [5.74, 6) is 1.92. The van der Waals surface area contributed by atoms with E-state index in [1.807, 2.05) is 6.07 Å². The summed E-state index contributed by atoms with van der Waals surface area (Å²) in [6.07, 6.45) is 5.12. The van der Waals surface area contributed by atoms with Crippen LogP contribution in [0, 0.1) is 11.8 Å². The maximum atomic E-state index is 9.43. The molecule has 0 aliphatic carbocycles. The Morgan fingerprint density at radius 1 is 1.46 bits per heavy atom. The van der Waals surface area contributed by atoms with Crippen molar-refractivity contribution in [3.8, 4) is 5.75 Å². The lowest BCUT2D eigenvalue weighted by Gasteiger charge is -2.45. The van der Waals surface area contributed by atoms with Crippen LogP contribution in [0.1, 0.15) is 30.1 Å². The van der Waals surface area contributed by atoms with Crippen LogP contribution in [0.3, 0.4) is 0 Å². The second kappa shape index (κ2) is 6.26. The molecule has 24 heavy (non-hydrogen) atoms. The van der Waals surface area contributed by atoms with E-state index < -0.39 is 0 Å². The summed E-state index contributed by atoms with van der Waals surface area (Å²) in [6.45, 7) is 6.43. The highest BCUT2D eigenvalue weighted by atomic mass is 16.5. The first kappa shape index (κ1) is 15.7. The molecular formula is C20H26N2O2. The lowest BCUT2D eigenvalue weighted by molar-refractivity contribution is 0.0594.